The molecule has 4 aromatic rings. The molecule has 3 aromatic heterocycles. The Labute approximate surface area is 208 Å². The molecule has 1 aliphatic rings. The molecule has 5 rings (SSSR count). The number of pyridine rings is 1. The molecule has 0 N–H and O–H groups in total. The lowest BCUT2D eigenvalue weighted by Crippen LogP contribution is -2.38. The first-order valence-electron chi connectivity index (χ1n) is 11.6. The van der Waals surface area contributed by atoms with Crippen LogP contribution in [-0.2, 0) is 4.74 Å². The van der Waals surface area contributed by atoms with Gasteiger partial charge in [-0.15, -0.1) is 0 Å². The van der Waals surface area contributed by atoms with Crippen LogP contribution in [0.5, 0.6) is 0 Å². The van der Waals surface area contributed by atoms with Crippen molar-refractivity contribution in [1.29, 1.82) is 10.5 Å². The predicted octanol–water partition coefficient (Wildman–Crippen LogP) is 4.72. The molecule has 176 valence electrons. The quantitative estimate of drug-likeness (QED) is 0.375. The van der Waals surface area contributed by atoms with Crippen LogP contribution in [0.4, 0.5) is 0 Å². The largest absolute Gasteiger partial charge is 0.366 e. The van der Waals surface area contributed by atoms with Crippen molar-refractivity contribution >= 4 is 17.3 Å². The van der Waals surface area contributed by atoms with Gasteiger partial charge in [0, 0.05) is 53.0 Å². The van der Waals surface area contributed by atoms with Gasteiger partial charge in [-0.3, -0.25) is 9.58 Å². The highest BCUT2D eigenvalue weighted by molar-refractivity contribution is 7.99. The summed E-state index contributed by atoms with van der Waals surface area (Å²) in [5, 5.41) is 28.3. The Balaban J connectivity index is 1.48. The number of ether oxygens (including phenoxy) is 1. The number of likely N-dealkylation sites (tertiary alicyclic amines) is 1. The van der Waals surface area contributed by atoms with E-state index in [0.29, 0.717) is 23.9 Å². The van der Waals surface area contributed by atoms with E-state index in [2.05, 4.69) is 39.1 Å². The highest BCUT2D eigenvalue weighted by Gasteiger charge is 2.22. The second-order valence-electron chi connectivity index (χ2n) is 8.47. The van der Waals surface area contributed by atoms with Gasteiger partial charge in [0.2, 0.25) is 0 Å². The van der Waals surface area contributed by atoms with Crippen molar-refractivity contribution in [2.45, 2.75) is 35.6 Å². The van der Waals surface area contributed by atoms with Crippen molar-refractivity contribution < 1.29 is 4.74 Å². The Bertz CT molecular complexity index is 1430. The van der Waals surface area contributed by atoms with Crippen LogP contribution in [0, 0.1) is 22.7 Å². The minimum Gasteiger partial charge on any atom is -0.366 e. The fourth-order valence-corrected chi connectivity index (χ4v) is 5.53. The van der Waals surface area contributed by atoms with E-state index in [1.54, 1.807) is 16.8 Å². The summed E-state index contributed by atoms with van der Waals surface area (Å²) in [6.07, 6.45) is 9.68. The summed E-state index contributed by atoms with van der Waals surface area (Å²) in [5.41, 5.74) is 3.77. The summed E-state index contributed by atoms with van der Waals surface area (Å²) in [6, 6.07) is 14.3. The third kappa shape index (κ3) is 4.80. The molecule has 4 heterocycles. The van der Waals surface area contributed by atoms with Gasteiger partial charge in [0.15, 0.2) is 0 Å². The number of benzene rings is 1. The zero-order valence-electron chi connectivity index (χ0n) is 19.5. The smallest absolute Gasteiger partial charge is 0.103 e. The van der Waals surface area contributed by atoms with Crippen LogP contribution in [0.3, 0.4) is 0 Å². The lowest BCUT2D eigenvalue weighted by Gasteiger charge is -2.32. The van der Waals surface area contributed by atoms with Crippen molar-refractivity contribution in [3.63, 3.8) is 0 Å². The summed E-state index contributed by atoms with van der Waals surface area (Å²) >= 11 is 1.47. The SMILES string of the molecule is CCOCN1CCC[C@@H](n2cc(-c3cc(Sc4ccccc4C#N)c4c(C#N)cnn4c3)cn2)C1. The molecule has 1 aromatic carbocycles. The second-order valence-corrected chi connectivity index (χ2v) is 9.55. The molecule has 0 aliphatic carbocycles. The van der Waals surface area contributed by atoms with Crippen LogP contribution in [0.15, 0.2) is 64.9 Å². The fraction of sp³-hybridized carbons (Fsp3) is 0.308. The standard InChI is InChI=1S/C26H25N7OS/c1-2-34-18-31-9-5-7-23(17-31)32-16-22(14-29-32)20-10-25(26-21(12-28)13-30-33(26)15-20)35-24-8-4-3-6-19(24)11-27/h3-4,6,8,10,13-16,23H,2,5,7,9,17-18H2,1H3/t23-/m1/s1. The lowest BCUT2D eigenvalue weighted by atomic mass is 10.1. The van der Waals surface area contributed by atoms with Crippen molar-refractivity contribution in [3.8, 4) is 23.3 Å². The summed E-state index contributed by atoms with van der Waals surface area (Å²) in [5.74, 6) is 0. The first-order chi connectivity index (χ1) is 17.2. The fourth-order valence-electron chi connectivity index (χ4n) is 4.44. The van der Waals surface area contributed by atoms with Crippen LogP contribution in [0.25, 0.3) is 16.6 Å². The van der Waals surface area contributed by atoms with Crippen molar-refractivity contribution in [2.75, 3.05) is 26.4 Å². The zero-order valence-corrected chi connectivity index (χ0v) is 20.3. The van der Waals surface area contributed by atoms with Crippen molar-refractivity contribution in [3.05, 3.63) is 66.2 Å². The summed E-state index contributed by atoms with van der Waals surface area (Å²) in [6.45, 7) is 5.35. The van der Waals surface area contributed by atoms with Gasteiger partial charge in [0.05, 0.1) is 41.8 Å². The number of nitriles is 2. The van der Waals surface area contributed by atoms with E-state index in [1.807, 2.05) is 37.5 Å². The van der Waals surface area contributed by atoms with E-state index in [0.717, 1.165) is 59.0 Å². The van der Waals surface area contributed by atoms with Gasteiger partial charge < -0.3 is 4.74 Å². The van der Waals surface area contributed by atoms with Crippen LogP contribution in [0.2, 0.25) is 0 Å². The number of hydrogen-bond donors (Lipinski definition) is 0. The molecule has 1 saturated heterocycles. The monoisotopic (exact) mass is 483 g/mol. The maximum atomic E-state index is 9.63. The molecule has 1 atom stereocenters. The number of aromatic nitrogens is 4. The molecule has 0 spiro atoms. The summed E-state index contributed by atoms with van der Waals surface area (Å²) in [4.78, 5) is 4.04. The Morgan fingerprint density at radius 3 is 2.74 bits per heavy atom. The number of hydrogen-bond acceptors (Lipinski definition) is 7. The van der Waals surface area contributed by atoms with Gasteiger partial charge in [-0.05, 0) is 38.0 Å². The van der Waals surface area contributed by atoms with Crippen LogP contribution in [0.1, 0.15) is 36.9 Å². The molecule has 35 heavy (non-hydrogen) atoms. The predicted molar refractivity (Wildman–Crippen MR) is 133 cm³/mol. The number of fused-ring (bicyclic) bond motifs is 1. The molecule has 0 unspecified atom stereocenters. The maximum Gasteiger partial charge on any atom is 0.103 e. The zero-order chi connectivity index (χ0) is 24.2. The van der Waals surface area contributed by atoms with Gasteiger partial charge in [-0.25, -0.2) is 4.52 Å². The van der Waals surface area contributed by atoms with Gasteiger partial charge in [-0.1, -0.05) is 23.9 Å². The third-order valence-electron chi connectivity index (χ3n) is 6.19. The van der Waals surface area contributed by atoms with E-state index in [-0.39, 0.29) is 0 Å². The third-order valence-corrected chi connectivity index (χ3v) is 7.30. The van der Waals surface area contributed by atoms with E-state index < -0.39 is 0 Å². The number of nitrogens with zero attached hydrogens (tertiary/aromatic N) is 7. The molecule has 9 heteroatoms. The molecule has 0 radical (unpaired) electrons. The van der Waals surface area contributed by atoms with Crippen LogP contribution >= 0.6 is 11.8 Å². The lowest BCUT2D eigenvalue weighted by molar-refractivity contribution is 0.0126. The molecular formula is C26H25N7OS. The molecule has 0 amide bonds. The molecule has 1 aliphatic heterocycles. The summed E-state index contributed by atoms with van der Waals surface area (Å²) in [7, 11) is 0. The first kappa shape index (κ1) is 23.1. The topological polar surface area (TPSA) is 95.2 Å². The molecule has 1 fully saturated rings. The van der Waals surface area contributed by atoms with E-state index >= 15 is 0 Å². The van der Waals surface area contributed by atoms with Gasteiger partial charge in [-0.2, -0.15) is 20.7 Å². The van der Waals surface area contributed by atoms with E-state index in [4.69, 9.17) is 9.84 Å². The van der Waals surface area contributed by atoms with Gasteiger partial charge >= 0.3 is 0 Å². The van der Waals surface area contributed by atoms with Crippen molar-refractivity contribution in [1.82, 2.24) is 24.3 Å². The first-order valence-corrected chi connectivity index (χ1v) is 12.4. The van der Waals surface area contributed by atoms with Gasteiger partial charge in [0.1, 0.15) is 12.1 Å². The van der Waals surface area contributed by atoms with Crippen LogP contribution < -0.4 is 0 Å². The summed E-state index contributed by atoms with van der Waals surface area (Å²) < 4.78 is 9.40. The highest BCUT2D eigenvalue weighted by Crippen LogP contribution is 2.37. The molecule has 0 bridgehead atoms. The Morgan fingerprint density at radius 2 is 1.91 bits per heavy atom. The average molecular weight is 484 g/mol. The molecule has 0 saturated carbocycles. The minimum absolute atomic E-state index is 0.299. The highest BCUT2D eigenvalue weighted by atomic mass is 32.2. The maximum absolute atomic E-state index is 9.63. The van der Waals surface area contributed by atoms with Crippen molar-refractivity contribution in [2.24, 2.45) is 0 Å². The number of piperidine rings is 1. The Morgan fingerprint density at radius 1 is 1.06 bits per heavy atom. The van der Waals surface area contributed by atoms with E-state index in [1.165, 1.54) is 11.8 Å². The second kappa shape index (κ2) is 10.3. The minimum atomic E-state index is 0.299. The average Bonchev–Trinajstić information content (AvgIpc) is 3.55. The molecule has 8 nitrogen and oxygen atoms in total. The van der Waals surface area contributed by atoms with E-state index in [9.17, 15) is 10.5 Å². The van der Waals surface area contributed by atoms with Crippen LogP contribution in [-0.4, -0.2) is 50.7 Å². The normalized spacial score (nSPS) is 16.3. The van der Waals surface area contributed by atoms with Gasteiger partial charge in [0.25, 0.3) is 0 Å². The Hall–Kier alpha value is -3.63. The Kier molecular flexibility index (Phi) is 6.82. The number of rotatable bonds is 7. The molecular weight excluding hydrogens is 458 g/mol.